The second kappa shape index (κ2) is 7.29. The van der Waals surface area contributed by atoms with Crippen molar-refractivity contribution in [3.63, 3.8) is 0 Å². The molecule has 1 amide bonds. The van der Waals surface area contributed by atoms with E-state index in [2.05, 4.69) is 0 Å². The summed E-state index contributed by atoms with van der Waals surface area (Å²) in [7, 11) is 0. The number of aliphatic hydroxyl groups is 1. The minimum atomic E-state index is -4.53. The van der Waals surface area contributed by atoms with Crippen LogP contribution in [0.25, 0.3) is 0 Å². The predicted octanol–water partition coefficient (Wildman–Crippen LogP) is 2.46. The van der Waals surface area contributed by atoms with Crippen molar-refractivity contribution in [1.29, 1.82) is 0 Å². The van der Waals surface area contributed by atoms with Gasteiger partial charge >= 0.3 is 6.18 Å². The van der Waals surface area contributed by atoms with E-state index in [0.717, 1.165) is 12.1 Å². The lowest BCUT2D eigenvalue weighted by atomic mass is 10.00. The van der Waals surface area contributed by atoms with Gasteiger partial charge in [-0.3, -0.25) is 14.9 Å². The molecule has 1 fully saturated rings. The number of benzene rings is 2. The maximum atomic E-state index is 13.3. The van der Waals surface area contributed by atoms with Gasteiger partial charge in [-0.1, -0.05) is 30.3 Å². The lowest BCUT2D eigenvalue weighted by Crippen LogP contribution is -2.60. The van der Waals surface area contributed by atoms with Gasteiger partial charge in [0.25, 0.3) is 17.2 Å². The fraction of sp³-hybridized carbons (Fsp3) is 0.350. The van der Waals surface area contributed by atoms with E-state index in [9.17, 15) is 33.2 Å². The fourth-order valence-electron chi connectivity index (χ4n) is 3.66. The topological polar surface area (TPSA) is 102 Å². The average Bonchev–Trinajstić information content (AvgIpc) is 2.97. The Bertz CT molecular complexity index is 1030. The minimum Gasteiger partial charge on any atom is -0.389 e. The predicted molar refractivity (Wildman–Crippen MR) is 99.5 cm³/mol. The molecule has 1 saturated heterocycles. The van der Waals surface area contributed by atoms with E-state index in [1.54, 1.807) is 24.3 Å². The van der Waals surface area contributed by atoms with Crippen LogP contribution in [0.1, 0.15) is 16.7 Å². The van der Waals surface area contributed by atoms with Crippen molar-refractivity contribution in [2.24, 2.45) is 0 Å². The molecule has 0 atom stereocenters. The summed E-state index contributed by atoms with van der Waals surface area (Å²) in [5.74, 6) is -2.67. The number of amides is 1. The van der Waals surface area contributed by atoms with Crippen LogP contribution in [0.3, 0.4) is 0 Å². The van der Waals surface area contributed by atoms with Crippen LogP contribution in [0, 0.1) is 10.1 Å². The zero-order valence-electron chi connectivity index (χ0n) is 16.0. The Morgan fingerprint density at radius 3 is 2.42 bits per heavy atom. The molecule has 31 heavy (non-hydrogen) atoms. The van der Waals surface area contributed by atoms with Gasteiger partial charge in [-0.15, -0.1) is 0 Å². The van der Waals surface area contributed by atoms with E-state index >= 15 is 0 Å². The standard InChI is InChI=1S/C20H17F3N2O6/c21-20(22,23)14-5-3-4-13(8-14)9-24-16-7-2-1-6-15(16)19(17(24)27)30-11-18(10-26,12-31-19)25(28)29/h1-8,26H,9-12H2. The third-order valence-corrected chi connectivity index (χ3v) is 5.44. The Morgan fingerprint density at radius 2 is 1.81 bits per heavy atom. The number of anilines is 1. The first kappa shape index (κ1) is 21.2. The van der Waals surface area contributed by atoms with Crippen LogP contribution in [-0.2, 0) is 32.8 Å². The molecule has 0 aromatic heterocycles. The molecule has 0 bridgehead atoms. The highest BCUT2D eigenvalue weighted by molar-refractivity contribution is 6.06. The zero-order valence-corrected chi connectivity index (χ0v) is 16.0. The number of halogens is 3. The summed E-state index contributed by atoms with van der Waals surface area (Å²) in [5.41, 5.74) is -1.86. The van der Waals surface area contributed by atoms with Crippen molar-refractivity contribution in [1.82, 2.24) is 0 Å². The molecule has 8 nitrogen and oxygen atoms in total. The summed E-state index contributed by atoms with van der Waals surface area (Å²) in [5, 5.41) is 20.8. The molecule has 2 heterocycles. The first-order chi connectivity index (χ1) is 14.6. The number of aliphatic hydroxyl groups excluding tert-OH is 1. The summed E-state index contributed by atoms with van der Waals surface area (Å²) in [6.45, 7) is -2.18. The largest absolute Gasteiger partial charge is 0.416 e. The lowest BCUT2D eigenvalue weighted by molar-refractivity contribution is -0.598. The molecule has 2 aliphatic heterocycles. The van der Waals surface area contributed by atoms with E-state index in [-0.39, 0.29) is 12.1 Å². The third-order valence-electron chi connectivity index (χ3n) is 5.44. The average molecular weight is 438 g/mol. The van der Waals surface area contributed by atoms with Crippen molar-refractivity contribution in [3.8, 4) is 0 Å². The summed E-state index contributed by atoms with van der Waals surface area (Å²) in [4.78, 5) is 25.2. The second-order valence-electron chi connectivity index (χ2n) is 7.44. The van der Waals surface area contributed by atoms with Gasteiger partial charge in [0.05, 0.1) is 17.8 Å². The number of alkyl halides is 3. The van der Waals surface area contributed by atoms with E-state index < -0.39 is 53.7 Å². The Balaban J connectivity index is 1.67. The first-order valence-electron chi connectivity index (χ1n) is 9.24. The number of nitrogens with zero attached hydrogens (tertiary/aromatic N) is 2. The van der Waals surface area contributed by atoms with Gasteiger partial charge in [0, 0.05) is 10.5 Å². The molecule has 0 saturated carbocycles. The Labute approximate surface area is 173 Å². The fourth-order valence-corrected chi connectivity index (χ4v) is 3.66. The van der Waals surface area contributed by atoms with Crippen molar-refractivity contribution < 1.29 is 37.5 Å². The van der Waals surface area contributed by atoms with Gasteiger partial charge in [-0.2, -0.15) is 13.2 Å². The summed E-state index contributed by atoms with van der Waals surface area (Å²) in [6.07, 6.45) is -4.53. The monoisotopic (exact) mass is 438 g/mol. The molecule has 0 aliphatic carbocycles. The third kappa shape index (κ3) is 3.34. The molecule has 2 aromatic carbocycles. The molecule has 1 N–H and O–H groups in total. The lowest BCUT2D eigenvalue weighted by Gasteiger charge is -2.38. The van der Waals surface area contributed by atoms with Crippen LogP contribution in [-0.4, -0.2) is 41.3 Å². The SMILES string of the molecule is O=C1N(Cc2cccc(C(F)(F)F)c2)c2ccccc2C12OCC(CO)([N+](=O)[O-])CO2. The molecule has 2 aliphatic rings. The van der Waals surface area contributed by atoms with Gasteiger partial charge in [0.2, 0.25) is 0 Å². The quantitative estimate of drug-likeness (QED) is 0.581. The van der Waals surface area contributed by atoms with Gasteiger partial charge in [-0.05, 0) is 23.8 Å². The number of carbonyl (C=O) groups excluding carboxylic acids is 1. The number of para-hydroxylation sites is 1. The Morgan fingerprint density at radius 1 is 1.13 bits per heavy atom. The normalized spacial score (nSPS) is 25.7. The molecule has 11 heteroatoms. The van der Waals surface area contributed by atoms with Crippen molar-refractivity contribution in [2.75, 3.05) is 24.7 Å². The molecule has 164 valence electrons. The van der Waals surface area contributed by atoms with E-state index in [4.69, 9.17) is 9.47 Å². The molecule has 0 radical (unpaired) electrons. The highest BCUT2D eigenvalue weighted by atomic mass is 19.4. The van der Waals surface area contributed by atoms with Crippen molar-refractivity contribution in [3.05, 3.63) is 75.3 Å². The highest BCUT2D eigenvalue weighted by Crippen LogP contribution is 2.47. The van der Waals surface area contributed by atoms with E-state index in [0.29, 0.717) is 11.3 Å². The van der Waals surface area contributed by atoms with Crippen LogP contribution in [0.4, 0.5) is 18.9 Å². The zero-order chi connectivity index (χ0) is 22.4. The van der Waals surface area contributed by atoms with Gasteiger partial charge in [-0.25, -0.2) is 0 Å². The van der Waals surface area contributed by atoms with Gasteiger partial charge < -0.3 is 19.5 Å². The number of fused-ring (bicyclic) bond motifs is 2. The smallest absolute Gasteiger partial charge is 0.389 e. The number of nitro groups is 1. The highest BCUT2D eigenvalue weighted by Gasteiger charge is 2.61. The number of ether oxygens (including phenoxy) is 2. The van der Waals surface area contributed by atoms with Crippen LogP contribution in [0.5, 0.6) is 0 Å². The van der Waals surface area contributed by atoms with Gasteiger partial charge in [0.15, 0.2) is 0 Å². The molecular formula is C20H17F3N2O6. The van der Waals surface area contributed by atoms with Crippen molar-refractivity contribution >= 4 is 11.6 Å². The Kier molecular flexibility index (Phi) is 4.99. The Hall–Kier alpha value is -3.02. The summed E-state index contributed by atoms with van der Waals surface area (Å²) >= 11 is 0. The number of rotatable bonds is 4. The van der Waals surface area contributed by atoms with Crippen molar-refractivity contribution in [2.45, 2.75) is 24.0 Å². The number of hydrogen-bond acceptors (Lipinski definition) is 6. The number of hydrogen-bond donors (Lipinski definition) is 1. The maximum Gasteiger partial charge on any atom is 0.416 e. The second-order valence-corrected chi connectivity index (χ2v) is 7.44. The van der Waals surface area contributed by atoms with Crippen LogP contribution < -0.4 is 4.90 Å². The summed E-state index contributed by atoms with van der Waals surface area (Å²) < 4.78 is 50.3. The van der Waals surface area contributed by atoms with Crippen LogP contribution >= 0.6 is 0 Å². The molecule has 2 aromatic rings. The minimum absolute atomic E-state index is 0.186. The van der Waals surface area contributed by atoms with Crippen LogP contribution in [0.2, 0.25) is 0 Å². The van der Waals surface area contributed by atoms with Gasteiger partial charge in [0.1, 0.15) is 19.8 Å². The molecule has 1 spiro atoms. The molecule has 4 rings (SSSR count). The number of carbonyl (C=O) groups is 1. The van der Waals surface area contributed by atoms with E-state index in [1.807, 2.05) is 0 Å². The van der Waals surface area contributed by atoms with E-state index in [1.165, 1.54) is 17.0 Å². The molecule has 0 unspecified atom stereocenters. The summed E-state index contributed by atoms with van der Waals surface area (Å²) in [6, 6.07) is 11.0. The van der Waals surface area contributed by atoms with Crippen LogP contribution in [0.15, 0.2) is 48.5 Å². The molecular weight excluding hydrogens is 421 g/mol. The first-order valence-corrected chi connectivity index (χ1v) is 9.24. The maximum absolute atomic E-state index is 13.3.